The number of halogens is 1. The van der Waals surface area contributed by atoms with Crippen molar-refractivity contribution in [3.05, 3.63) is 34.6 Å². The van der Waals surface area contributed by atoms with Gasteiger partial charge in [0.05, 0.1) is 0 Å². The molecule has 0 fully saturated rings. The summed E-state index contributed by atoms with van der Waals surface area (Å²) in [6, 6.07) is 3.13. The largest absolute Gasteiger partial charge is 0.294 e. The van der Waals surface area contributed by atoms with Crippen molar-refractivity contribution >= 4 is 5.78 Å². The second-order valence-electron chi connectivity index (χ2n) is 3.18. The third kappa shape index (κ3) is 1.84. The number of carbonyl (C=O) groups is 1. The molecule has 1 aromatic rings. The van der Waals surface area contributed by atoms with Gasteiger partial charge < -0.3 is 0 Å². The number of Topliss-reactive ketones (excluding diaryl/α,β-unsaturated/α-hetero) is 1. The number of fused-ring (bicyclic) bond motifs is 1. The summed E-state index contributed by atoms with van der Waals surface area (Å²) >= 11 is 0. The molecule has 1 nitrogen and oxygen atoms in total. The average Bonchev–Trinajstić information content (AvgIpc) is 2.53. The first kappa shape index (κ1) is 10.9. The van der Waals surface area contributed by atoms with E-state index in [4.69, 9.17) is 0 Å². The van der Waals surface area contributed by atoms with Crippen LogP contribution in [0.1, 0.15) is 41.8 Å². The Hall–Kier alpha value is -1.18. The van der Waals surface area contributed by atoms with Crippen LogP contribution in [0.5, 0.6) is 0 Å². The molecule has 0 atom stereocenters. The SMILES string of the molecule is CC.Cc1cc2c(cc1F)CCC2=O. The van der Waals surface area contributed by atoms with Crippen molar-refractivity contribution in [2.45, 2.75) is 33.6 Å². The van der Waals surface area contributed by atoms with E-state index >= 15 is 0 Å². The Kier molecular flexibility index (Phi) is 3.39. The van der Waals surface area contributed by atoms with Crippen LogP contribution in [0, 0.1) is 12.7 Å². The Morgan fingerprint density at radius 2 is 1.86 bits per heavy atom. The minimum atomic E-state index is -0.205. The van der Waals surface area contributed by atoms with E-state index in [1.165, 1.54) is 6.07 Å². The molecule has 2 rings (SSSR count). The molecule has 0 heterocycles. The number of rotatable bonds is 0. The van der Waals surface area contributed by atoms with Gasteiger partial charge in [-0.15, -0.1) is 0 Å². The highest BCUT2D eigenvalue weighted by Gasteiger charge is 2.20. The third-order valence-corrected chi connectivity index (χ3v) is 2.31. The van der Waals surface area contributed by atoms with Crippen LogP contribution in [0.3, 0.4) is 0 Å². The monoisotopic (exact) mass is 194 g/mol. The molecule has 0 bridgehead atoms. The first-order chi connectivity index (χ1) is 6.68. The fourth-order valence-electron chi connectivity index (χ4n) is 1.57. The molecule has 76 valence electrons. The molecule has 0 amide bonds. The van der Waals surface area contributed by atoms with Gasteiger partial charge in [0.15, 0.2) is 5.78 Å². The molecule has 1 aliphatic carbocycles. The molecule has 1 aromatic carbocycles. The highest BCUT2D eigenvalue weighted by Crippen LogP contribution is 2.24. The van der Waals surface area contributed by atoms with Crippen molar-refractivity contribution in [3.8, 4) is 0 Å². The van der Waals surface area contributed by atoms with Crippen LogP contribution < -0.4 is 0 Å². The number of aryl methyl sites for hydroxylation is 2. The molecule has 2 heteroatoms. The standard InChI is InChI=1S/C10H9FO.C2H6/c1-6-4-8-7(5-9(6)11)2-3-10(8)12;1-2/h4-5H,2-3H2,1H3;1-2H3. The van der Waals surface area contributed by atoms with E-state index in [9.17, 15) is 9.18 Å². The predicted octanol–water partition coefficient (Wildman–Crippen LogP) is 3.29. The predicted molar refractivity (Wildman–Crippen MR) is 55.1 cm³/mol. The zero-order valence-electron chi connectivity index (χ0n) is 8.86. The Labute approximate surface area is 83.9 Å². The smallest absolute Gasteiger partial charge is 0.163 e. The zero-order valence-corrected chi connectivity index (χ0v) is 8.86. The summed E-state index contributed by atoms with van der Waals surface area (Å²) in [5.74, 6) is -0.0587. The summed E-state index contributed by atoms with van der Waals surface area (Å²) in [4.78, 5) is 11.2. The van der Waals surface area contributed by atoms with E-state index < -0.39 is 0 Å². The van der Waals surface area contributed by atoms with E-state index in [2.05, 4.69) is 0 Å². The molecule has 0 saturated carbocycles. The molecular weight excluding hydrogens is 179 g/mol. The number of ketones is 1. The van der Waals surface area contributed by atoms with Gasteiger partial charge in [-0.3, -0.25) is 4.79 Å². The van der Waals surface area contributed by atoms with E-state index in [1.807, 2.05) is 13.8 Å². The van der Waals surface area contributed by atoms with Gasteiger partial charge in [0.25, 0.3) is 0 Å². The van der Waals surface area contributed by atoms with E-state index in [0.29, 0.717) is 24.0 Å². The van der Waals surface area contributed by atoms with E-state index in [0.717, 1.165) is 5.56 Å². The normalized spacial score (nSPS) is 13.3. The summed E-state index contributed by atoms with van der Waals surface area (Å²) in [7, 11) is 0. The molecule has 0 N–H and O–H groups in total. The van der Waals surface area contributed by atoms with Crippen LogP contribution in [0.2, 0.25) is 0 Å². The Bertz CT molecular complexity index is 356. The molecule has 1 aliphatic rings. The lowest BCUT2D eigenvalue weighted by Crippen LogP contribution is -1.93. The number of hydrogen-bond donors (Lipinski definition) is 0. The quantitative estimate of drug-likeness (QED) is 0.619. The van der Waals surface area contributed by atoms with Gasteiger partial charge in [-0.25, -0.2) is 4.39 Å². The molecule has 0 unspecified atom stereocenters. The first-order valence-electron chi connectivity index (χ1n) is 5.00. The molecule has 0 saturated heterocycles. The Morgan fingerprint density at radius 3 is 2.50 bits per heavy atom. The van der Waals surface area contributed by atoms with E-state index in [1.54, 1.807) is 13.0 Å². The van der Waals surface area contributed by atoms with Crippen LogP contribution in [0.4, 0.5) is 4.39 Å². The van der Waals surface area contributed by atoms with Crippen molar-refractivity contribution in [2.24, 2.45) is 0 Å². The zero-order chi connectivity index (χ0) is 10.7. The van der Waals surface area contributed by atoms with Crippen molar-refractivity contribution in [3.63, 3.8) is 0 Å². The number of benzene rings is 1. The highest BCUT2D eigenvalue weighted by atomic mass is 19.1. The van der Waals surface area contributed by atoms with Gasteiger partial charge in [-0.05, 0) is 36.6 Å². The van der Waals surface area contributed by atoms with E-state index in [-0.39, 0.29) is 11.6 Å². The molecule has 0 aliphatic heterocycles. The van der Waals surface area contributed by atoms with Gasteiger partial charge in [-0.2, -0.15) is 0 Å². The van der Waals surface area contributed by atoms with Crippen LogP contribution in [-0.4, -0.2) is 5.78 Å². The fourth-order valence-corrected chi connectivity index (χ4v) is 1.57. The third-order valence-electron chi connectivity index (χ3n) is 2.31. The van der Waals surface area contributed by atoms with Crippen molar-refractivity contribution in [1.82, 2.24) is 0 Å². The lowest BCUT2D eigenvalue weighted by Gasteiger charge is -2.00. The maximum Gasteiger partial charge on any atom is 0.163 e. The summed E-state index contributed by atoms with van der Waals surface area (Å²) in [5, 5.41) is 0. The van der Waals surface area contributed by atoms with Crippen molar-refractivity contribution in [1.29, 1.82) is 0 Å². The maximum atomic E-state index is 13.0. The maximum absolute atomic E-state index is 13.0. The van der Waals surface area contributed by atoms with Gasteiger partial charge in [0.2, 0.25) is 0 Å². The Morgan fingerprint density at radius 1 is 1.21 bits per heavy atom. The van der Waals surface area contributed by atoms with Crippen LogP contribution in [0.25, 0.3) is 0 Å². The highest BCUT2D eigenvalue weighted by molar-refractivity contribution is 6.00. The van der Waals surface area contributed by atoms with Crippen molar-refractivity contribution < 1.29 is 9.18 Å². The van der Waals surface area contributed by atoms with Gasteiger partial charge in [-0.1, -0.05) is 13.8 Å². The van der Waals surface area contributed by atoms with Gasteiger partial charge >= 0.3 is 0 Å². The second kappa shape index (κ2) is 4.36. The lowest BCUT2D eigenvalue weighted by molar-refractivity contribution is 0.0994. The topological polar surface area (TPSA) is 17.1 Å². The minimum absolute atomic E-state index is 0.146. The lowest BCUT2D eigenvalue weighted by atomic mass is 10.1. The molecule has 0 spiro atoms. The second-order valence-corrected chi connectivity index (χ2v) is 3.18. The van der Waals surface area contributed by atoms with Crippen LogP contribution in [-0.2, 0) is 6.42 Å². The summed E-state index contributed by atoms with van der Waals surface area (Å²) in [5.41, 5.74) is 2.14. The first-order valence-corrected chi connectivity index (χ1v) is 5.00. The average molecular weight is 194 g/mol. The van der Waals surface area contributed by atoms with Crippen LogP contribution in [0.15, 0.2) is 12.1 Å². The van der Waals surface area contributed by atoms with Crippen molar-refractivity contribution in [2.75, 3.05) is 0 Å². The summed E-state index contributed by atoms with van der Waals surface area (Å²) in [6.07, 6.45) is 1.24. The number of hydrogen-bond acceptors (Lipinski definition) is 1. The van der Waals surface area contributed by atoms with Gasteiger partial charge in [0.1, 0.15) is 5.82 Å². The summed E-state index contributed by atoms with van der Waals surface area (Å²) in [6.45, 7) is 5.68. The summed E-state index contributed by atoms with van der Waals surface area (Å²) < 4.78 is 13.0. The Balaban J connectivity index is 0.000000461. The van der Waals surface area contributed by atoms with Crippen LogP contribution >= 0.6 is 0 Å². The minimum Gasteiger partial charge on any atom is -0.294 e. The van der Waals surface area contributed by atoms with Gasteiger partial charge in [0, 0.05) is 12.0 Å². The molecular formula is C12H15FO. The number of carbonyl (C=O) groups excluding carboxylic acids is 1. The molecule has 0 radical (unpaired) electrons. The molecule has 0 aromatic heterocycles. The fraction of sp³-hybridized carbons (Fsp3) is 0.417. The molecule has 14 heavy (non-hydrogen) atoms.